The van der Waals surface area contributed by atoms with E-state index in [4.69, 9.17) is 4.74 Å². The van der Waals surface area contributed by atoms with Crippen LogP contribution in [0.1, 0.15) is 24.2 Å². The van der Waals surface area contributed by atoms with E-state index >= 15 is 0 Å². The topological polar surface area (TPSA) is 56.2 Å². The van der Waals surface area contributed by atoms with E-state index in [0.717, 1.165) is 17.4 Å². The molecule has 104 valence electrons. The number of nitrogens with zero attached hydrogens (tertiary/aromatic N) is 2. The van der Waals surface area contributed by atoms with Crippen molar-refractivity contribution in [1.29, 1.82) is 0 Å². The van der Waals surface area contributed by atoms with Crippen LogP contribution >= 0.6 is 0 Å². The minimum Gasteiger partial charge on any atom is -0.465 e. The van der Waals surface area contributed by atoms with Crippen LogP contribution in [0.5, 0.6) is 0 Å². The fourth-order valence-electron chi connectivity index (χ4n) is 1.81. The Balaban J connectivity index is 0.000000861. The van der Waals surface area contributed by atoms with Gasteiger partial charge in [0.25, 0.3) is 0 Å². The molecule has 0 fully saturated rings. The van der Waals surface area contributed by atoms with E-state index in [1.807, 2.05) is 37.7 Å². The summed E-state index contributed by atoms with van der Waals surface area (Å²) in [4.78, 5) is 11.7. The van der Waals surface area contributed by atoms with Crippen molar-refractivity contribution < 1.29 is 9.53 Å². The number of carbonyl (C=O) groups excluding carboxylic acids is 1. The fraction of sp³-hybridized carbons (Fsp3) is 0.429. The SMILES string of the molecule is CC.CNCCn1ncc2cccc(C(=O)OC)c21. The minimum atomic E-state index is -0.332. The summed E-state index contributed by atoms with van der Waals surface area (Å²) < 4.78 is 6.60. The van der Waals surface area contributed by atoms with Crippen LogP contribution < -0.4 is 5.32 Å². The zero-order chi connectivity index (χ0) is 14.3. The van der Waals surface area contributed by atoms with Gasteiger partial charge in [-0.05, 0) is 13.1 Å². The molecule has 2 aromatic rings. The molecule has 0 aliphatic heterocycles. The lowest BCUT2D eigenvalue weighted by molar-refractivity contribution is 0.0602. The minimum absolute atomic E-state index is 0.332. The van der Waals surface area contributed by atoms with Gasteiger partial charge in [0.15, 0.2) is 0 Å². The highest BCUT2D eigenvalue weighted by Crippen LogP contribution is 2.19. The van der Waals surface area contributed by atoms with E-state index in [1.165, 1.54) is 7.11 Å². The van der Waals surface area contributed by atoms with Gasteiger partial charge in [0.1, 0.15) is 0 Å². The molecule has 5 nitrogen and oxygen atoms in total. The van der Waals surface area contributed by atoms with Gasteiger partial charge in [0, 0.05) is 11.9 Å². The summed E-state index contributed by atoms with van der Waals surface area (Å²) in [7, 11) is 3.27. The normalized spacial score (nSPS) is 9.89. The van der Waals surface area contributed by atoms with Crippen LogP contribution in [0.2, 0.25) is 0 Å². The van der Waals surface area contributed by atoms with Gasteiger partial charge in [0.05, 0.1) is 30.9 Å². The zero-order valence-corrected chi connectivity index (χ0v) is 11.9. The first-order chi connectivity index (χ1) is 9.27. The standard InChI is InChI=1S/C12H15N3O2.C2H6/c1-13-6-7-15-11-9(8-14-15)4-3-5-10(11)12(16)17-2;1-2/h3-5,8,13H,6-7H2,1-2H3;1-2H3. The highest BCUT2D eigenvalue weighted by molar-refractivity contribution is 6.02. The van der Waals surface area contributed by atoms with Gasteiger partial charge in [0.2, 0.25) is 0 Å². The molecule has 19 heavy (non-hydrogen) atoms. The summed E-state index contributed by atoms with van der Waals surface area (Å²) in [6, 6.07) is 5.52. The molecule has 1 aromatic carbocycles. The number of para-hydroxylation sites is 1. The number of nitrogens with one attached hydrogen (secondary N) is 1. The van der Waals surface area contributed by atoms with E-state index in [1.54, 1.807) is 12.3 Å². The van der Waals surface area contributed by atoms with Crippen molar-refractivity contribution in [3.63, 3.8) is 0 Å². The molecule has 0 amide bonds. The molecule has 0 spiro atoms. The second-order valence-electron chi connectivity index (χ2n) is 3.71. The van der Waals surface area contributed by atoms with Gasteiger partial charge in [-0.15, -0.1) is 0 Å². The summed E-state index contributed by atoms with van der Waals surface area (Å²) in [5, 5.41) is 8.28. The van der Waals surface area contributed by atoms with E-state index in [9.17, 15) is 4.79 Å². The molecule has 0 bridgehead atoms. The molecule has 1 heterocycles. The number of benzene rings is 1. The predicted octanol–water partition coefficient (Wildman–Crippen LogP) is 2.07. The van der Waals surface area contributed by atoms with Gasteiger partial charge >= 0.3 is 5.97 Å². The average Bonchev–Trinajstić information content (AvgIpc) is 2.89. The maximum atomic E-state index is 11.7. The molecule has 1 N–H and O–H groups in total. The van der Waals surface area contributed by atoms with Gasteiger partial charge < -0.3 is 10.1 Å². The maximum absolute atomic E-state index is 11.7. The number of hydrogen-bond acceptors (Lipinski definition) is 4. The molecule has 0 radical (unpaired) electrons. The maximum Gasteiger partial charge on any atom is 0.340 e. The van der Waals surface area contributed by atoms with Crippen molar-refractivity contribution in [3.05, 3.63) is 30.0 Å². The molecular weight excluding hydrogens is 242 g/mol. The molecule has 0 unspecified atom stereocenters. The summed E-state index contributed by atoms with van der Waals surface area (Å²) in [6.07, 6.45) is 1.76. The second-order valence-corrected chi connectivity index (χ2v) is 3.71. The van der Waals surface area contributed by atoms with E-state index in [-0.39, 0.29) is 5.97 Å². The second kappa shape index (κ2) is 7.53. The molecule has 2 rings (SSSR count). The first kappa shape index (κ1) is 15.2. The van der Waals surface area contributed by atoms with Crippen LogP contribution in [-0.4, -0.2) is 36.5 Å². The lowest BCUT2D eigenvalue weighted by atomic mass is 10.1. The number of likely N-dealkylation sites (N-methyl/N-ethyl adjacent to an activating group) is 1. The molecule has 0 atom stereocenters. The number of esters is 1. The molecule has 0 aliphatic rings. The van der Waals surface area contributed by atoms with Crippen LogP contribution in [0.3, 0.4) is 0 Å². The van der Waals surface area contributed by atoms with E-state index in [0.29, 0.717) is 12.1 Å². The van der Waals surface area contributed by atoms with Gasteiger partial charge in [-0.2, -0.15) is 5.10 Å². The molecule has 5 heteroatoms. The monoisotopic (exact) mass is 263 g/mol. The Morgan fingerprint density at radius 2 is 2.16 bits per heavy atom. The van der Waals surface area contributed by atoms with Crippen molar-refractivity contribution in [2.75, 3.05) is 20.7 Å². The smallest absolute Gasteiger partial charge is 0.340 e. The number of fused-ring (bicyclic) bond motifs is 1. The fourth-order valence-corrected chi connectivity index (χ4v) is 1.81. The van der Waals surface area contributed by atoms with Crippen molar-refractivity contribution in [3.8, 4) is 0 Å². The highest BCUT2D eigenvalue weighted by Gasteiger charge is 2.14. The highest BCUT2D eigenvalue weighted by atomic mass is 16.5. The Morgan fingerprint density at radius 3 is 2.79 bits per heavy atom. The Morgan fingerprint density at radius 1 is 1.42 bits per heavy atom. The van der Waals surface area contributed by atoms with Crippen LogP contribution in [0.15, 0.2) is 24.4 Å². The number of hydrogen-bond donors (Lipinski definition) is 1. The zero-order valence-electron chi connectivity index (χ0n) is 11.9. The number of rotatable bonds is 4. The predicted molar refractivity (Wildman–Crippen MR) is 76.3 cm³/mol. The summed E-state index contributed by atoms with van der Waals surface area (Å²) in [5.41, 5.74) is 1.38. The number of methoxy groups -OCH3 is 1. The summed E-state index contributed by atoms with van der Waals surface area (Å²) in [6.45, 7) is 5.51. The summed E-state index contributed by atoms with van der Waals surface area (Å²) >= 11 is 0. The molecule has 0 aliphatic carbocycles. The quantitative estimate of drug-likeness (QED) is 0.858. The first-order valence-electron chi connectivity index (χ1n) is 6.45. The molecule has 0 saturated heterocycles. The third kappa shape index (κ3) is 3.32. The van der Waals surface area contributed by atoms with Crippen LogP contribution in [0.4, 0.5) is 0 Å². The Labute approximate surface area is 113 Å². The van der Waals surface area contributed by atoms with Crippen LogP contribution in [-0.2, 0) is 11.3 Å². The van der Waals surface area contributed by atoms with Crippen molar-refractivity contribution in [1.82, 2.24) is 15.1 Å². The van der Waals surface area contributed by atoms with E-state index in [2.05, 4.69) is 10.4 Å². The lowest BCUT2D eigenvalue weighted by Crippen LogP contribution is -2.16. The van der Waals surface area contributed by atoms with Gasteiger partial charge in [-0.3, -0.25) is 4.68 Å². The third-order valence-electron chi connectivity index (χ3n) is 2.64. The third-order valence-corrected chi connectivity index (χ3v) is 2.64. The summed E-state index contributed by atoms with van der Waals surface area (Å²) in [5.74, 6) is -0.332. The largest absolute Gasteiger partial charge is 0.465 e. The van der Waals surface area contributed by atoms with Crippen molar-refractivity contribution >= 4 is 16.9 Å². The number of aromatic nitrogens is 2. The van der Waals surface area contributed by atoms with Crippen molar-refractivity contribution in [2.24, 2.45) is 0 Å². The Kier molecular flexibility index (Phi) is 6.02. The first-order valence-corrected chi connectivity index (χ1v) is 6.45. The van der Waals surface area contributed by atoms with Crippen LogP contribution in [0.25, 0.3) is 10.9 Å². The molecule has 0 saturated carbocycles. The lowest BCUT2D eigenvalue weighted by Gasteiger charge is -2.06. The van der Waals surface area contributed by atoms with Crippen LogP contribution in [0, 0.1) is 0 Å². The van der Waals surface area contributed by atoms with Crippen molar-refractivity contribution in [2.45, 2.75) is 20.4 Å². The Hall–Kier alpha value is -1.88. The van der Waals surface area contributed by atoms with E-state index < -0.39 is 0 Å². The molecule has 1 aromatic heterocycles. The molecular formula is C14H21N3O2. The average molecular weight is 263 g/mol. The number of carbonyl (C=O) groups is 1. The van der Waals surface area contributed by atoms with Gasteiger partial charge in [-0.1, -0.05) is 26.0 Å². The number of ether oxygens (including phenoxy) is 1. The van der Waals surface area contributed by atoms with Gasteiger partial charge in [-0.25, -0.2) is 4.79 Å². The Bertz CT molecular complexity index is 534.